The fraction of sp³-hybridized carbons (Fsp3) is 0.333. The van der Waals surface area contributed by atoms with Crippen LogP contribution in [0.25, 0.3) is 33.4 Å². The van der Waals surface area contributed by atoms with Crippen molar-refractivity contribution in [1.29, 1.82) is 0 Å². The first-order valence-electron chi connectivity index (χ1n) is 17.5. The first kappa shape index (κ1) is 36.6. The Balaban J connectivity index is 0.000000175. The van der Waals surface area contributed by atoms with Crippen molar-refractivity contribution in [2.24, 2.45) is 0 Å². The number of anilines is 2. The van der Waals surface area contributed by atoms with Gasteiger partial charge < -0.3 is 34.3 Å². The van der Waals surface area contributed by atoms with Gasteiger partial charge in [-0.2, -0.15) is 0 Å². The van der Waals surface area contributed by atoms with Crippen LogP contribution in [0.1, 0.15) is 90.0 Å². The summed E-state index contributed by atoms with van der Waals surface area (Å²) in [5.41, 5.74) is 13.3. The SMILES string of the molecule is C.C=CCC1Oc2ccccc2-c2c(OC)cc3c(c21)C(C)=CC(C)(C)N3.COc1cc2c(c3c1-c1ccccc1OC3OC)C(C)=CC(C)(C)N2. The van der Waals surface area contributed by atoms with Gasteiger partial charge in [0.05, 0.1) is 25.3 Å². The fourth-order valence-corrected chi connectivity index (χ4v) is 8.25. The molecule has 0 saturated heterocycles. The van der Waals surface area contributed by atoms with Gasteiger partial charge in [-0.15, -0.1) is 6.58 Å². The topological polar surface area (TPSA) is 70.2 Å². The molecule has 7 nitrogen and oxygen atoms in total. The molecule has 4 aliphatic rings. The number of para-hydroxylation sites is 2. The van der Waals surface area contributed by atoms with E-state index in [1.807, 2.05) is 42.5 Å². The Morgan fingerprint density at radius 1 is 0.692 bits per heavy atom. The Morgan fingerprint density at radius 2 is 1.15 bits per heavy atom. The first-order chi connectivity index (χ1) is 24.4. The highest BCUT2D eigenvalue weighted by Crippen LogP contribution is 2.55. The molecule has 2 unspecified atom stereocenters. The van der Waals surface area contributed by atoms with Crippen molar-refractivity contribution in [3.8, 4) is 45.3 Å². The van der Waals surface area contributed by atoms with Crippen LogP contribution in [0.15, 0.2) is 85.5 Å². The van der Waals surface area contributed by atoms with E-state index in [4.69, 9.17) is 23.7 Å². The second kappa shape index (κ2) is 13.8. The van der Waals surface area contributed by atoms with Gasteiger partial charge >= 0.3 is 0 Å². The van der Waals surface area contributed by atoms with E-state index in [1.54, 1.807) is 21.3 Å². The van der Waals surface area contributed by atoms with Crippen LogP contribution in [-0.4, -0.2) is 32.4 Å². The maximum atomic E-state index is 6.38. The molecule has 0 aliphatic carbocycles. The number of hydrogen-bond acceptors (Lipinski definition) is 7. The van der Waals surface area contributed by atoms with E-state index in [2.05, 4.69) is 95.2 Å². The molecule has 0 spiro atoms. The van der Waals surface area contributed by atoms with Crippen molar-refractivity contribution in [2.45, 2.75) is 78.9 Å². The zero-order chi connectivity index (χ0) is 36.2. The van der Waals surface area contributed by atoms with Crippen molar-refractivity contribution in [3.63, 3.8) is 0 Å². The monoisotopic (exact) mass is 700 g/mol. The third-order valence-corrected chi connectivity index (χ3v) is 9.93. The summed E-state index contributed by atoms with van der Waals surface area (Å²) in [5.74, 6) is 3.41. The number of methoxy groups -OCH3 is 3. The third-order valence-electron chi connectivity index (χ3n) is 9.93. The van der Waals surface area contributed by atoms with Gasteiger partial charge in [0.25, 0.3) is 0 Å². The molecule has 0 fully saturated rings. The van der Waals surface area contributed by atoms with Gasteiger partial charge in [-0.25, -0.2) is 0 Å². The van der Waals surface area contributed by atoms with Gasteiger partial charge in [0.1, 0.15) is 29.1 Å². The quantitative estimate of drug-likeness (QED) is 0.201. The predicted octanol–water partition coefficient (Wildman–Crippen LogP) is 11.6. The summed E-state index contributed by atoms with van der Waals surface area (Å²) in [6, 6.07) is 20.4. The first-order valence-corrected chi connectivity index (χ1v) is 17.5. The molecule has 4 aromatic rings. The highest BCUT2D eigenvalue weighted by Gasteiger charge is 2.37. The van der Waals surface area contributed by atoms with Crippen LogP contribution >= 0.6 is 0 Å². The molecule has 4 aliphatic heterocycles. The van der Waals surface area contributed by atoms with Gasteiger partial charge in [0.15, 0.2) is 0 Å². The number of benzene rings is 4. The molecular weight excluding hydrogens is 649 g/mol. The maximum Gasteiger partial charge on any atom is 0.227 e. The van der Waals surface area contributed by atoms with Gasteiger partial charge in [-0.1, -0.05) is 62.1 Å². The minimum atomic E-state index is -0.472. The van der Waals surface area contributed by atoms with Crippen LogP contribution in [0.5, 0.6) is 23.0 Å². The summed E-state index contributed by atoms with van der Waals surface area (Å²) in [6.45, 7) is 16.9. The van der Waals surface area contributed by atoms with Crippen molar-refractivity contribution in [2.75, 3.05) is 32.0 Å². The van der Waals surface area contributed by atoms with Crippen LogP contribution in [0.2, 0.25) is 0 Å². The molecule has 52 heavy (non-hydrogen) atoms. The highest BCUT2D eigenvalue weighted by molar-refractivity contribution is 5.94. The van der Waals surface area contributed by atoms with Gasteiger partial charge in [-0.05, 0) is 64.8 Å². The summed E-state index contributed by atoms with van der Waals surface area (Å²) in [7, 11) is 5.12. The van der Waals surface area contributed by atoms with E-state index in [-0.39, 0.29) is 24.6 Å². The Kier molecular flexibility index (Phi) is 9.71. The maximum absolute atomic E-state index is 6.38. The molecule has 8 rings (SSSR count). The molecule has 272 valence electrons. The molecule has 0 saturated carbocycles. The molecule has 2 atom stereocenters. The lowest BCUT2D eigenvalue weighted by molar-refractivity contribution is -0.0580. The average Bonchev–Trinajstić information content (AvgIpc) is 3.09. The van der Waals surface area contributed by atoms with Crippen molar-refractivity contribution in [3.05, 3.63) is 108 Å². The van der Waals surface area contributed by atoms with Crippen LogP contribution < -0.4 is 29.6 Å². The number of hydrogen-bond donors (Lipinski definition) is 2. The van der Waals surface area contributed by atoms with E-state index < -0.39 is 6.29 Å². The van der Waals surface area contributed by atoms with Crippen LogP contribution in [0.3, 0.4) is 0 Å². The number of ether oxygens (including phenoxy) is 5. The zero-order valence-electron chi connectivity index (χ0n) is 31.1. The molecule has 0 radical (unpaired) electrons. The van der Waals surface area contributed by atoms with Gasteiger partial charge in [-0.3, -0.25) is 0 Å². The summed E-state index contributed by atoms with van der Waals surface area (Å²) in [5, 5.41) is 7.23. The third kappa shape index (κ3) is 6.21. The van der Waals surface area contributed by atoms with Gasteiger partial charge in [0, 0.05) is 81.5 Å². The predicted molar refractivity (Wildman–Crippen MR) is 215 cm³/mol. The Labute approximate surface area is 309 Å². The lowest BCUT2D eigenvalue weighted by Crippen LogP contribution is -2.32. The average molecular weight is 701 g/mol. The molecule has 2 N–H and O–H groups in total. The smallest absolute Gasteiger partial charge is 0.227 e. The van der Waals surface area contributed by atoms with Crippen LogP contribution in [0, 0.1) is 0 Å². The second-order valence-corrected chi connectivity index (χ2v) is 14.7. The second-order valence-electron chi connectivity index (χ2n) is 14.7. The summed E-state index contributed by atoms with van der Waals surface area (Å²) in [6.07, 6.45) is 6.65. The van der Waals surface area contributed by atoms with Crippen LogP contribution in [-0.2, 0) is 4.74 Å². The Bertz CT molecular complexity index is 2110. The molecule has 0 aromatic heterocycles. The number of allylic oxidation sites excluding steroid dienone is 2. The van der Waals surface area contributed by atoms with Crippen molar-refractivity contribution < 1.29 is 23.7 Å². The molecule has 0 amide bonds. The minimum Gasteiger partial charge on any atom is -0.496 e. The molecule has 0 bridgehead atoms. The molecular formula is C45H52N2O5. The van der Waals surface area contributed by atoms with E-state index >= 15 is 0 Å². The normalized spacial score (nSPS) is 18.9. The van der Waals surface area contributed by atoms with Gasteiger partial charge in [0.2, 0.25) is 6.29 Å². The van der Waals surface area contributed by atoms with Crippen molar-refractivity contribution >= 4 is 22.5 Å². The number of fused-ring (bicyclic) bond motifs is 10. The lowest BCUT2D eigenvalue weighted by Gasteiger charge is -2.37. The molecule has 4 heterocycles. The Hall–Kier alpha value is -5.14. The van der Waals surface area contributed by atoms with E-state index in [0.29, 0.717) is 0 Å². The number of rotatable bonds is 5. The van der Waals surface area contributed by atoms with E-state index in [1.165, 1.54) is 22.3 Å². The summed E-state index contributed by atoms with van der Waals surface area (Å²) >= 11 is 0. The molecule has 4 aromatic carbocycles. The highest BCUT2D eigenvalue weighted by atomic mass is 16.7. The zero-order valence-corrected chi connectivity index (χ0v) is 31.1. The number of nitrogens with one attached hydrogen (secondary N) is 2. The van der Waals surface area contributed by atoms with E-state index in [9.17, 15) is 0 Å². The molecule has 7 heteroatoms. The summed E-state index contributed by atoms with van der Waals surface area (Å²) in [4.78, 5) is 0. The summed E-state index contributed by atoms with van der Waals surface area (Å²) < 4.78 is 29.8. The van der Waals surface area contributed by atoms with Crippen LogP contribution in [0.4, 0.5) is 11.4 Å². The van der Waals surface area contributed by atoms with Crippen molar-refractivity contribution in [1.82, 2.24) is 0 Å². The minimum absolute atomic E-state index is 0. The fourth-order valence-electron chi connectivity index (χ4n) is 8.25. The lowest BCUT2D eigenvalue weighted by atomic mass is 9.81. The van der Waals surface area contributed by atoms with E-state index in [0.717, 1.165) is 74.2 Å². The standard InChI is InChI=1S/C23H25NO2.C21H23NO3.CH4/c1-6-9-18-22-20-14(2)13-23(3,4)24-16(20)12-19(25-5)21(22)15-10-7-8-11-17(15)26-18;1-12-11-21(2,3)22-14-10-16(23-4)18-13-8-6-7-9-15(13)25-20(24-5)19(18)17(12)14;/h6-8,10-13,18,24H,1,9H2,2-5H3;6-11,20,22H,1-5H3;1H4. The largest absolute Gasteiger partial charge is 0.496 e. The Morgan fingerprint density at radius 3 is 1.63 bits per heavy atom.